The molecule has 0 aromatic rings. The minimum absolute atomic E-state index is 0.650. The molecule has 0 fully saturated rings. The first-order chi connectivity index (χ1) is 6.66. The summed E-state index contributed by atoms with van der Waals surface area (Å²) >= 11 is 0. The van der Waals surface area contributed by atoms with Crippen LogP contribution in [0.2, 0.25) is 6.55 Å². The van der Waals surface area contributed by atoms with E-state index in [1.165, 1.54) is 0 Å². The summed E-state index contributed by atoms with van der Waals surface area (Å²) in [5.74, 6) is 0. The number of hydrogen-bond donors (Lipinski definition) is 0. The molecule has 84 valence electrons. The maximum Gasteiger partial charge on any atom is 0.470 e. The van der Waals surface area contributed by atoms with Crippen LogP contribution < -0.4 is 0 Å². The summed E-state index contributed by atoms with van der Waals surface area (Å²) in [5.41, 5.74) is 1.98. The molecular weight excluding hydrogens is 212 g/mol. The van der Waals surface area contributed by atoms with Gasteiger partial charge < -0.3 is 13.3 Å². The SMILES string of the molecule is C=C[SiH](C)[Si](OCC)(OCC)OCC. The van der Waals surface area contributed by atoms with Crippen molar-refractivity contribution < 1.29 is 13.3 Å². The van der Waals surface area contributed by atoms with Crippen LogP contribution in [-0.2, 0) is 13.3 Å². The van der Waals surface area contributed by atoms with Gasteiger partial charge in [0.15, 0.2) is 8.31 Å². The van der Waals surface area contributed by atoms with Gasteiger partial charge in [-0.2, -0.15) is 0 Å². The van der Waals surface area contributed by atoms with E-state index in [4.69, 9.17) is 13.3 Å². The zero-order chi connectivity index (χ0) is 11.0. The Bertz CT molecular complexity index is 147. The van der Waals surface area contributed by atoms with Crippen LogP contribution in [0.15, 0.2) is 12.3 Å². The fraction of sp³-hybridized carbons (Fsp3) is 0.778. The third-order valence-electron chi connectivity index (χ3n) is 1.95. The lowest BCUT2D eigenvalue weighted by molar-refractivity contribution is 0.0922. The normalized spacial score (nSPS) is 14.0. The minimum atomic E-state index is -2.38. The van der Waals surface area contributed by atoms with Crippen molar-refractivity contribution in [1.29, 1.82) is 0 Å². The largest absolute Gasteiger partial charge is 0.470 e. The molecule has 0 heterocycles. The molecule has 1 atom stereocenters. The minimum Gasteiger partial charge on any atom is -0.377 e. The van der Waals surface area contributed by atoms with Crippen LogP contribution in [0.1, 0.15) is 20.8 Å². The number of hydrogen-bond acceptors (Lipinski definition) is 3. The Morgan fingerprint density at radius 1 is 1.07 bits per heavy atom. The van der Waals surface area contributed by atoms with Gasteiger partial charge in [-0.3, -0.25) is 0 Å². The van der Waals surface area contributed by atoms with Gasteiger partial charge in [0.2, 0.25) is 0 Å². The summed E-state index contributed by atoms with van der Waals surface area (Å²) in [6.07, 6.45) is 0. The molecule has 14 heavy (non-hydrogen) atoms. The Kier molecular flexibility index (Phi) is 7.39. The van der Waals surface area contributed by atoms with Gasteiger partial charge in [0, 0.05) is 19.8 Å². The molecule has 0 aromatic heterocycles. The van der Waals surface area contributed by atoms with E-state index in [9.17, 15) is 0 Å². The second-order valence-corrected chi connectivity index (χ2v) is 11.9. The molecule has 3 nitrogen and oxygen atoms in total. The molecular formula is C9H22O3Si2. The fourth-order valence-corrected chi connectivity index (χ4v) is 8.53. The molecule has 0 aromatic carbocycles. The first kappa shape index (κ1) is 14.1. The standard InChI is InChI=1S/C9H22O3Si2/c1-6-10-14(11-7-2,12-8-3)13(5)9-4/h9,13H,4,6-8H2,1-3,5H3. The van der Waals surface area contributed by atoms with Gasteiger partial charge in [-0.15, -0.1) is 12.3 Å². The van der Waals surface area contributed by atoms with Crippen molar-refractivity contribution in [2.75, 3.05) is 19.8 Å². The highest BCUT2D eigenvalue weighted by Crippen LogP contribution is 2.14. The average Bonchev–Trinajstić information content (AvgIpc) is 2.17. The van der Waals surface area contributed by atoms with Crippen LogP contribution in [0.4, 0.5) is 0 Å². The van der Waals surface area contributed by atoms with Crippen LogP contribution in [0.25, 0.3) is 0 Å². The van der Waals surface area contributed by atoms with Crippen LogP contribution in [0.3, 0.4) is 0 Å². The summed E-state index contributed by atoms with van der Waals surface area (Å²) in [6.45, 7) is 13.9. The fourth-order valence-electron chi connectivity index (χ4n) is 1.27. The number of rotatable bonds is 8. The third-order valence-corrected chi connectivity index (χ3v) is 11.4. The highest BCUT2D eigenvalue weighted by atomic mass is 29.3. The smallest absolute Gasteiger partial charge is 0.377 e. The van der Waals surface area contributed by atoms with Crippen molar-refractivity contribution in [2.24, 2.45) is 0 Å². The van der Waals surface area contributed by atoms with Gasteiger partial charge >= 0.3 is 8.32 Å². The van der Waals surface area contributed by atoms with E-state index >= 15 is 0 Å². The lowest BCUT2D eigenvalue weighted by atomic mass is 10.9. The molecule has 0 aliphatic carbocycles. The maximum atomic E-state index is 5.75. The molecule has 0 aliphatic heterocycles. The van der Waals surface area contributed by atoms with Crippen molar-refractivity contribution in [2.45, 2.75) is 27.3 Å². The van der Waals surface area contributed by atoms with Crippen LogP contribution in [0.5, 0.6) is 0 Å². The summed E-state index contributed by atoms with van der Waals surface area (Å²) in [4.78, 5) is 0. The molecule has 1 unspecified atom stereocenters. The summed E-state index contributed by atoms with van der Waals surface area (Å²) in [6, 6.07) is 0. The Labute approximate surface area is 89.8 Å². The topological polar surface area (TPSA) is 27.7 Å². The van der Waals surface area contributed by atoms with Gasteiger partial charge in [0.05, 0.1) is 0 Å². The van der Waals surface area contributed by atoms with E-state index in [2.05, 4.69) is 13.1 Å². The van der Waals surface area contributed by atoms with E-state index in [1.54, 1.807) is 0 Å². The summed E-state index contributed by atoms with van der Waals surface area (Å²) < 4.78 is 17.2. The zero-order valence-electron chi connectivity index (χ0n) is 9.71. The van der Waals surface area contributed by atoms with E-state index in [0.717, 1.165) is 0 Å². The maximum absolute atomic E-state index is 5.75. The highest BCUT2D eigenvalue weighted by Gasteiger charge is 2.45. The Morgan fingerprint density at radius 2 is 1.43 bits per heavy atom. The Hall–Kier alpha value is 0.0538. The van der Waals surface area contributed by atoms with Crippen LogP contribution in [0, 0.1) is 0 Å². The predicted octanol–water partition coefficient (Wildman–Crippen LogP) is 1.70. The molecule has 0 radical (unpaired) electrons. The van der Waals surface area contributed by atoms with Crippen molar-refractivity contribution in [1.82, 2.24) is 0 Å². The zero-order valence-corrected chi connectivity index (χ0v) is 11.9. The first-order valence-electron chi connectivity index (χ1n) is 5.21. The van der Waals surface area contributed by atoms with Crippen molar-refractivity contribution in [3.05, 3.63) is 12.3 Å². The highest BCUT2D eigenvalue weighted by molar-refractivity contribution is 7.26. The molecule has 0 bridgehead atoms. The molecule has 0 spiro atoms. The third kappa shape index (κ3) is 3.66. The van der Waals surface area contributed by atoms with Gasteiger partial charge in [0.25, 0.3) is 0 Å². The van der Waals surface area contributed by atoms with Gasteiger partial charge in [-0.05, 0) is 20.8 Å². The first-order valence-corrected chi connectivity index (χ1v) is 10.6. The second-order valence-electron chi connectivity index (χ2n) is 2.93. The van der Waals surface area contributed by atoms with Crippen molar-refractivity contribution >= 4 is 16.6 Å². The van der Waals surface area contributed by atoms with Crippen molar-refractivity contribution in [3.63, 3.8) is 0 Å². The average molecular weight is 234 g/mol. The monoisotopic (exact) mass is 234 g/mol. The molecule has 0 N–H and O–H groups in total. The van der Waals surface area contributed by atoms with E-state index < -0.39 is 16.6 Å². The quantitative estimate of drug-likeness (QED) is 0.598. The molecule has 5 heteroatoms. The predicted molar refractivity (Wildman–Crippen MR) is 63.8 cm³/mol. The van der Waals surface area contributed by atoms with E-state index in [-0.39, 0.29) is 0 Å². The van der Waals surface area contributed by atoms with Gasteiger partial charge in [-0.1, -0.05) is 6.55 Å². The van der Waals surface area contributed by atoms with Gasteiger partial charge in [0.1, 0.15) is 0 Å². The van der Waals surface area contributed by atoms with E-state index in [1.807, 2.05) is 26.5 Å². The molecule has 0 saturated carbocycles. The summed E-state index contributed by atoms with van der Waals surface area (Å²) in [5, 5.41) is 0. The lowest BCUT2D eigenvalue weighted by Crippen LogP contribution is -2.57. The Balaban J connectivity index is 4.61. The van der Waals surface area contributed by atoms with E-state index in [0.29, 0.717) is 19.8 Å². The molecule has 0 amide bonds. The molecule has 0 aliphatic rings. The van der Waals surface area contributed by atoms with Gasteiger partial charge in [-0.25, -0.2) is 0 Å². The van der Waals surface area contributed by atoms with Crippen LogP contribution in [-0.4, -0.2) is 36.5 Å². The molecule has 0 rings (SSSR count). The molecule has 0 saturated heterocycles. The summed E-state index contributed by atoms with van der Waals surface area (Å²) in [7, 11) is -3.63. The Morgan fingerprint density at radius 3 is 1.64 bits per heavy atom. The van der Waals surface area contributed by atoms with Crippen LogP contribution >= 0.6 is 0 Å². The lowest BCUT2D eigenvalue weighted by Gasteiger charge is -2.31. The second kappa shape index (κ2) is 7.36. The van der Waals surface area contributed by atoms with Crippen molar-refractivity contribution in [3.8, 4) is 0 Å².